The summed E-state index contributed by atoms with van der Waals surface area (Å²) >= 11 is 5.80. The Balaban J connectivity index is 2.11. The van der Waals surface area contributed by atoms with Crippen LogP contribution in [0.4, 0.5) is 5.82 Å². The van der Waals surface area contributed by atoms with Crippen LogP contribution in [0.15, 0.2) is 6.33 Å². The zero-order chi connectivity index (χ0) is 16.9. The Morgan fingerprint density at radius 1 is 1.57 bits per heavy atom. The molecule has 0 unspecified atom stereocenters. The van der Waals surface area contributed by atoms with Crippen molar-refractivity contribution in [1.29, 1.82) is 0 Å². The number of aliphatic hydroxyl groups is 2. The fourth-order valence-corrected chi connectivity index (χ4v) is 2.89. The van der Waals surface area contributed by atoms with Crippen molar-refractivity contribution >= 4 is 34.5 Å². The molecule has 124 valence electrons. The molecule has 3 heterocycles. The number of aliphatic hydroxyl groups excluding tert-OH is 2. The Hall–Kier alpha value is -2.01. The van der Waals surface area contributed by atoms with Crippen molar-refractivity contribution < 1.29 is 19.7 Å². The molecule has 0 aliphatic carbocycles. The van der Waals surface area contributed by atoms with Crippen LogP contribution in [-0.4, -0.2) is 54.5 Å². The van der Waals surface area contributed by atoms with E-state index in [0.29, 0.717) is 0 Å². The number of hydrogen-bond acceptors (Lipinski definition) is 8. The second-order valence-corrected chi connectivity index (χ2v) is 5.83. The molecule has 2 aromatic rings. The van der Waals surface area contributed by atoms with Gasteiger partial charge >= 0.3 is 0 Å². The van der Waals surface area contributed by atoms with E-state index in [-0.39, 0.29) is 22.3 Å². The molecule has 1 aliphatic heterocycles. The first kappa shape index (κ1) is 15.9. The van der Waals surface area contributed by atoms with Crippen LogP contribution in [0.3, 0.4) is 0 Å². The van der Waals surface area contributed by atoms with Gasteiger partial charge in [0.1, 0.15) is 23.1 Å². The Bertz CT molecular complexity index is 782. The molecule has 0 bridgehead atoms. The third-order valence-corrected chi connectivity index (χ3v) is 4.42. The van der Waals surface area contributed by atoms with Gasteiger partial charge in [-0.2, -0.15) is 9.97 Å². The monoisotopic (exact) mass is 342 g/mol. The zero-order valence-electron chi connectivity index (χ0n) is 12.0. The molecule has 6 N–H and O–H groups in total. The van der Waals surface area contributed by atoms with Crippen LogP contribution >= 0.6 is 11.6 Å². The number of fused-ring (bicyclic) bond motifs is 1. The number of nitrogen functional groups attached to an aromatic ring is 1. The number of primary amides is 1. The van der Waals surface area contributed by atoms with E-state index in [9.17, 15) is 15.0 Å². The topological polar surface area (TPSA) is 162 Å². The van der Waals surface area contributed by atoms with Crippen molar-refractivity contribution in [1.82, 2.24) is 19.5 Å². The maximum Gasteiger partial charge on any atom is 0.228 e. The highest BCUT2D eigenvalue weighted by Crippen LogP contribution is 2.44. The van der Waals surface area contributed by atoms with Gasteiger partial charge < -0.3 is 26.4 Å². The molecule has 0 saturated carbocycles. The number of rotatable bonds is 3. The van der Waals surface area contributed by atoms with Gasteiger partial charge in [-0.3, -0.25) is 9.36 Å². The lowest BCUT2D eigenvalue weighted by atomic mass is 9.80. The maximum absolute atomic E-state index is 11.8. The minimum atomic E-state index is -1.47. The SMILES string of the molecule is C[C@]1(C(N)=O)[C@H](O)[C@@H](n2cnc3c(N)nc(Cl)nc32)O[C@@H]1CO. The number of nitrogens with zero attached hydrogens (tertiary/aromatic N) is 4. The second-order valence-electron chi connectivity index (χ2n) is 5.49. The van der Waals surface area contributed by atoms with E-state index in [2.05, 4.69) is 15.0 Å². The van der Waals surface area contributed by atoms with Gasteiger partial charge in [-0.15, -0.1) is 0 Å². The van der Waals surface area contributed by atoms with Crippen molar-refractivity contribution in [2.45, 2.75) is 25.4 Å². The average Bonchev–Trinajstić information content (AvgIpc) is 3.00. The number of halogens is 1. The summed E-state index contributed by atoms with van der Waals surface area (Å²) in [5.74, 6) is -0.717. The van der Waals surface area contributed by atoms with Crippen LogP contribution in [0.5, 0.6) is 0 Å². The number of carbonyl (C=O) groups excluding carboxylic acids is 1. The van der Waals surface area contributed by atoms with Gasteiger partial charge in [0, 0.05) is 0 Å². The molecule has 0 spiro atoms. The summed E-state index contributed by atoms with van der Waals surface area (Å²) in [6.07, 6.45) is -2.02. The highest BCUT2D eigenvalue weighted by molar-refractivity contribution is 6.28. The quantitative estimate of drug-likeness (QED) is 0.505. The lowest BCUT2D eigenvalue weighted by Crippen LogP contribution is -2.49. The minimum absolute atomic E-state index is 0.0719. The largest absolute Gasteiger partial charge is 0.394 e. The van der Waals surface area contributed by atoms with E-state index in [1.165, 1.54) is 17.8 Å². The van der Waals surface area contributed by atoms with Gasteiger partial charge in [-0.25, -0.2) is 4.98 Å². The van der Waals surface area contributed by atoms with Crippen LogP contribution in [0.25, 0.3) is 11.2 Å². The van der Waals surface area contributed by atoms with Crippen LogP contribution in [0, 0.1) is 5.41 Å². The van der Waals surface area contributed by atoms with Crippen LogP contribution in [0.1, 0.15) is 13.2 Å². The average molecular weight is 343 g/mol. The van der Waals surface area contributed by atoms with Crippen molar-refractivity contribution in [3.8, 4) is 0 Å². The smallest absolute Gasteiger partial charge is 0.228 e. The van der Waals surface area contributed by atoms with Gasteiger partial charge in [-0.1, -0.05) is 0 Å². The number of hydrogen-bond donors (Lipinski definition) is 4. The van der Waals surface area contributed by atoms with Crippen molar-refractivity contribution in [2.24, 2.45) is 11.1 Å². The Labute approximate surface area is 135 Å². The number of amides is 1. The van der Waals surface area contributed by atoms with E-state index in [1.54, 1.807) is 0 Å². The molecule has 23 heavy (non-hydrogen) atoms. The molecule has 1 fully saturated rings. The lowest BCUT2D eigenvalue weighted by Gasteiger charge is -2.27. The molecular formula is C12H15ClN6O4. The van der Waals surface area contributed by atoms with Gasteiger partial charge in [-0.05, 0) is 18.5 Å². The van der Waals surface area contributed by atoms with Gasteiger partial charge in [0.05, 0.1) is 12.9 Å². The summed E-state index contributed by atoms with van der Waals surface area (Å²) in [5.41, 5.74) is 10.1. The zero-order valence-corrected chi connectivity index (χ0v) is 12.8. The summed E-state index contributed by atoms with van der Waals surface area (Å²) in [6, 6.07) is 0. The van der Waals surface area contributed by atoms with Crippen molar-refractivity contribution in [2.75, 3.05) is 12.3 Å². The molecule has 10 nitrogen and oxygen atoms in total. The van der Waals surface area contributed by atoms with E-state index < -0.39 is 36.4 Å². The molecule has 11 heteroatoms. The van der Waals surface area contributed by atoms with Crippen molar-refractivity contribution in [3.05, 3.63) is 11.6 Å². The highest BCUT2D eigenvalue weighted by atomic mass is 35.5. The molecular weight excluding hydrogens is 328 g/mol. The predicted molar refractivity (Wildman–Crippen MR) is 79.0 cm³/mol. The van der Waals surface area contributed by atoms with Crippen LogP contribution < -0.4 is 11.5 Å². The van der Waals surface area contributed by atoms with E-state index in [4.69, 9.17) is 27.8 Å². The summed E-state index contributed by atoms with van der Waals surface area (Å²) in [7, 11) is 0. The second kappa shape index (κ2) is 5.27. The summed E-state index contributed by atoms with van der Waals surface area (Å²) in [5, 5.41) is 19.9. The Kier molecular flexibility index (Phi) is 3.64. The predicted octanol–water partition coefficient (Wildman–Crippen LogP) is -1.20. The van der Waals surface area contributed by atoms with Gasteiger partial charge in [0.2, 0.25) is 11.2 Å². The van der Waals surface area contributed by atoms with Gasteiger partial charge in [0.25, 0.3) is 0 Å². The molecule has 3 rings (SSSR count). The third-order valence-electron chi connectivity index (χ3n) is 4.25. The molecule has 4 atom stereocenters. The van der Waals surface area contributed by atoms with E-state index in [1.807, 2.05) is 0 Å². The third kappa shape index (κ3) is 2.14. The number of aromatic nitrogens is 4. The maximum atomic E-state index is 11.8. The number of imidazole rings is 1. The molecule has 1 saturated heterocycles. The van der Waals surface area contributed by atoms with Gasteiger partial charge in [0.15, 0.2) is 17.7 Å². The fraction of sp³-hybridized carbons (Fsp3) is 0.500. The first-order chi connectivity index (χ1) is 10.8. The van der Waals surface area contributed by atoms with Crippen LogP contribution in [0.2, 0.25) is 5.28 Å². The van der Waals surface area contributed by atoms with Crippen molar-refractivity contribution in [3.63, 3.8) is 0 Å². The van der Waals surface area contributed by atoms with E-state index >= 15 is 0 Å². The van der Waals surface area contributed by atoms with E-state index in [0.717, 1.165) is 0 Å². The fourth-order valence-electron chi connectivity index (χ4n) is 2.72. The molecule has 1 aliphatic rings. The molecule has 2 aromatic heterocycles. The van der Waals surface area contributed by atoms with Crippen LogP contribution in [-0.2, 0) is 9.53 Å². The number of anilines is 1. The first-order valence-corrected chi connectivity index (χ1v) is 7.08. The molecule has 0 radical (unpaired) electrons. The highest BCUT2D eigenvalue weighted by Gasteiger charge is 2.57. The summed E-state index contributed by atoms with van der Waals surface area (Å²) in [6.45, 7) is 0.938. The molecule has 1 amide bonds. The number of ether oxygens (including phenoxy) is 1. The Morgan fingerprint density at radius 2 is 2.26 bits per heavy atom. The number of carbonyl (C=O) groups is 1. The minimum Gasteiger partial charge on any atom is -0.394 e. The first-order valence-electron chi connectivity index (χ1n) is 6.70. The summed E-state index contributed by atoms with van der Waals surface area (Å²) in [4.78, 5) is 23.6. The lowest BCUT2D eigenvalue weighted by molar-refractivity contribution is -0.135. The normalized spacial score (nSPS) is 30.9. The Morgan fingerprint density at radius 3 is 2.83 bits per heavy atom. The summed E-state index contributed by atoms with van der Waals surface area (Å²) < 4.78 is 6.99. The number of nitrogens with two attached hydrogens (primary N) is 2. The molecule has 0 aromatic carbocycles. The standard InChI is InChI=1S/C12H15ClN6O4/c1-12(10(15)22)4(2-20)23-9(6(12)21)19-3-16-5-7(14)17-11(13)18-8(5)19/h3-4,6,9,20-21H,2H2,1H3,(H2,15,22)(H2,14,17,18)/t4-,6-,9+,12-/m1/s1.